The topological polar surface area (TPSA) is 111 Å². The molecule has 1 aliphatic heterocycles. The van der Waals surface area contributed by atoms with Gasteiger partial charge in [-0.2, -0.15) is 0 Å². The van der Waals surface area contributed by atoms with Gasteiger partial charge in [-0.1, -0.05) is 0 Å². The number of hydrogen-bond acceptors (Lipinski definition) is 5. The predicted octanol–water partition coefficient (Wildman–Crippen LogP) is 1.43. The van der Waals surface area contributed by atoms with Crippen molar-refractivity contribution in [3.8, 4) is 0 Å². The van der Waals surface area contributed by atoms with Crippen molar-refractivity contribution in [1.82, 2.24) is 25.7 Å². The number of aromatic amines is 1. The molecule has 2 atom stereocenters. The number of H-pyrrole nitrogens is 1. The minimum absolute atomic E-state index is 0.0944. The first-order valence-electron chi connectivity index (χ1n) is 10.7. The molecule has 1 amide bonds. The van der Waals surface area contributed by atoms with E-state index in [0.717, 1.165) is 24.8 Å². The molecule has 8 nitrogen and oxygen atoms in total. The highest BCUT2D eigenvalue weighted by atomic mass is 16.3. The van der Waals surface area contributed by atoms with Crippen LogP contribution in [-0.4, -0.2) is 45.3 Å². The Morgan fingerprint density at radius 2 is 1.86 bits per heavy atom. The summed E-state index contributed by atoms with van der Waals surface area (Å²) in [5.74, 6) is 0.345. The van der Waals surface area contributed by atoms with Crippen molar-refractivity contribution in [2.45, 2.75) is 70.2 Å². The van der Waals surface area contributed by atoms with Gasteiger partial charge in [0.05, 0.1) is 17.1 Å². The summed E-state index contributed by atoms with van der Waals surface area (Å²) < 4.78 is 1.78. The maximum Gasteiger partial charge on any atom is 0.326 e. The molecule has 2 unspecified atom stereocenters. The van der Waals surface area contributed by atoms with Gasteiger partial charge >= 0.3 is 5.69 Å². The predicted molar refractivity (Wildman–Crippen MR) is 112 cm³/mol. The van der Waals surface area contributed by atoms with E-state index >= 15 is 0 Å². The highest BCUT2D eigenvalue weighted by Crippen LogP contribution is 2.30. The molecule has 5 N–H and O–H groups in total. The lowest BCUT2D eigenvalue weighted by Crippen LogP contribution is -2.30. The van der Waals surface area contributed by atoms with E-state index in [1.807, 2.05) is 6.07 Å². The van der Waals surface area contributed by atoms with Crippen molar-refractivity contribution >= 4 is 16.9 Å². The monoisotopic (exact) mass is 401 g/mol. The number of amides is 1. The zero-order valence-electron chi connectivity index (χ0n) is 17.1. The molecule has 1 aromatic heterocycles. The van der Waals surface area contributed by atoms with E-state index < -0.39 is 0 Å². The highest BCUT2D eigenvalue weighted by Gasteiger charge is 2.29. The summed E-state index contributed by atoms with van der Waals surface area (Å²) in [7, 11) is 0. The number of fused-ring (bicyclic) bond motifs is 1. The van der Waals surface area contributed by atoms with Crippen LogP contribution in [0.5, 0.6) is 0 Å². The molecule has 2 fully saturated rings. The van der Waals surface area contributed by atoms with Crippen LogP contribution in [0.2, 0.25) is 0 Å². The molecule has 0 bridgehead atoms. The van der Waals surface area contributed by atoms with E-state index in [9.17, 15) is 14.7 Å². The van der Waals surface area contributed by atoms with Crippen molar-refractivity contribution < 1.29 is 9.90 Å². The third kappa shape index (κ3) is 4.10. The van der Waals surface area contributed by atoms with Gasteiger partial charge in [-0.25, -0.2) is 4.79 Å². The van der Waals surface area contributed by atoms with Gasteiger partial charge in [0.1, 0.15) is 0 Å². The van der Waals surface area contributed by atoms with Crippen LogP contribution in [0, 0.1) is 5.92 Å². The molecule has 4 rings (SSSR count). The second kappa shape index (κ2) is 8.30. The maximum absolute atomic E-state index is 12.6. The number of nitrogens with one attached hydrogen (secondary N) is 4. The Morgan fingerprint density at radius 3 is 2.55 bits per heavy atom. The lowest BCUT2D eigenvalue weighted by Gasteiger charge is -2.26. The summed E-state index contributed by atoms with van der Waals surface area (Å²) in [6, 6.07) is 6.24. The quantitative estimate of drug-likeness (QED) is 0.520. The number of aromatic nitrogens is 2. The second-order valence-electron chi connectivity index (χ2n) is 8.57. The third-order valence-electron chi connectivity index (χ3n) is 6.60. The number of hydrazine groups is 1. The molecule has 0 spiro atoms. The lowest BCUT2D eigenvalue weighted by molar-refractivity contribution is 0.0950. The molecule has 1 aliphatic carbocycles. The van der Waals surface area contributed by atoms with Crippen molar-refractivity contribution in [2.75, 3.05) is 6.54 Å². The van der Waals surface area contributed by atoms with Crippen molar-refractivity contribution in [3.63, 3.8) is 0 Å². The zero-order chi connectivity index (χ0) is 20.5. The van der Waals surface area contributed by atoms with E-state index in [1.165, 1.54) is 0 Å². The number of carbonyl (C=O) groups excluding carboxylic acids is 1. The fraction of sp³-hybridized carbons (Fsp3) is 0.619. The summed E-state index contributed by atoms with van der Waals surface area (Å²) in [5, 5.41) is 12.7. The van der Waals surface area contributed by atoms with E-state index in [4.69, 9.17) is 0 Å². The van der Waals surface area contributed by atoms with Crippen LogP contribution in [0.3, 0.4) is 0 Å². The Balaban J connectivity index is 1.43. The van der Waals surface area contributed by atoms with Crippen LogP contribution in [0.1, 0.15) is 62.4 Å². The summed E-state index contributed by atoms with van der Waals surface area (Å²) >= 11 is 0. The SMILES string of the molecule is CC1NNC(C)C1CCNC(=O)c1ccc2c(c1)[nH]c(=O)n2C1CCC(O)CC1. The Kier molecular flexibility index (Phi) is 5.76. The number of aliphatic hydroxyl groups excluding tert-OH is 1. The number of nitrogens with zero attached hydrogens (tertiary/aromatic N) is 1. The first-order valence-corrected chi connectivity index (χ1v) is 10.7. The molecule has 158 valence electrons. The zero-order valence-corrected chi connectivity index (χ0v) is 17.1. The smallest absolute Gasteiger partial charge is 0.326 e. The molecule has 0 radical (unpaired) electrons. The first-order chi connectivity index (χ1) is 13.9. The van der Waals surface area contributed by atoms with Crippen LogP contribution < -0.4 is 21.9 Å². The number of benzene rings is 1. The maximum atomic E-state index is 12.6. The molecule has 1 saturated carbocycles. The molecule has 29 heavy (non-hydrogen) atoms. The van der Waals surface area contributed by atoms with Crippen molar-refractivity contribution in [2.24, 2.45) is 5.92 Å². The van der Waals surface area contributed by atoms with Gasteiger partial charge in [-0.15, -0.1) is 0 Å². The van der Waals surface area contributed by atoms with Gasteiger partial charge in [0.25, 0.3) is 5.91 Å². The van der Waals surface area contributed by atoms with Crippen LogP contribution in [0.25, 0.3) is 11.0 Å². The lowest BCUT2D eigenvalue weighted by atomic mass is 9.93. The van der Waals surface area contributed by atoms with Crippen molar-refractivity contribution in [1.29, 1.82) is 0 Å². The van der Waals surface area contributed by atoms with Crippen LogP contribution >= 0.6 is 0 Å². The number of hydrogen-bond donors (Lipinski definition) is 5. The third-order valence-corrected chi connectivity index (χ3v) is 6.60. The van der Waals surface area contributed by atoms with Crippen LogP contribution in [0.15, 0.2) is 23.0 Å². The summed E-state index contributed by atoms with van der Waals surface area (Å²) in [5.41, 5.74) is 8.37. The first kappa shape index (κ1) is 20.1. The van der Waals surface area contributed by atoms with Gasteiger partial charge < -0.3 is 15.4 Å². The largest absolute Gasteiger partial charge is 0.393 e. The molecule has 8 heteroatoms. The molecule has 1 aromatic carbocycles. The molecular weight excluding hydrogens is 370 g/mol. The Hall–Kier alpha value is -2.16. The number of imidazole rings is 1. The summed E-state index contributed by atoms with van der Waals surface area (Å²) in [4.78, 5) is 28.0. The Labute approximate surface area is 170 Å². The highest BCUT2D eigenvalue weighted by molar-refractivity contribution is 5.97. The number of carbonyl (C=O) groups is 1. The molecule has 1 saturated heterocycles. The normalized spacial score (nSPS) is 30.0. The fourth-order valence-electron chi connectivity index (χ4n) is 4.82. The van der Waals surface area contributed by atoms with Crippen LogP contribution in [0.4, 0.5) is 0 Å². The fourth-order valence-corrected chi connectivity index (χ4v) is 4.82. The Bertz CT molecular complexity index is 918. The molecule has 2 aromatic rings. The van der Waals surface area contributed by atoms with Gasteiger partial charge in [-0.3, -0.25) is 20.2 Å². The summed E-state index contributed by atoms with van der Waals surface area (Å²) in [6.07, 6.45) is 3.65. The second-order valence-corrected chi connectivity index (χ2v) is 8.57. The number of rotatable bonds is 5. The van der Waals surface area contributed by atoms with Gasteiger partial charge in [-0.05, 0) is 70.1 Å². The summed E-state index contributed by atoms with van der Waals surface area (Å²) in [6.45, 7) is 4.90. The van der Waals surface area contributed by atoms with Crippen LogP contribution in [-0.2, 0) is 0 Å². The minimum atomic E-state index is -0.260. The van der Waals surface area contributed by atoms with Gasteiger partial charge in [0.2, 0.25) is 0 Å². The average Bonchev–Trinajstić information content (AvgIpc) is 3.20. The average molecular weight is 402 g/mol. The minimum Gasteiger partial charge on any atom is -0.393 e. The standard InChI is InChI=1S/C21H31N5O3/c1-12-17(13(2)25-24-12)9-10-22-20(28)14-3-8-19-18(11-14)23-21(29)26(19)15-4-6-16(27)7-5-15/h3,8,11-13,15-17,24-25,27H,4-7,9-10H2,1-2H3,(H,22,28)(H,23,29). The van der Waals surface area contributed by atoms with E-state index in [-0.39, 0.29) is 23.7 Å². The van der Waals surface area contributed by atoms with E-state index in [2.05, 4.69) is 35.0 Å². The Morgan fingerprint density at radius 1 is 1.17 bits per heavy atom. The van der Waals surface area contributed by atoms with E-state index in [1.54, 1.807) is 16.7 Å². The molecular formula is C21H31N5O3. The van der Waals surface area contributed by atoms with Crippen molar-refractivity contribution in [3.05, 3.63) is 34.2 Å². The van der Waals surface area contributed by atoms with E-state index in [0.29, 0.717) is 48.5 Å². The molecule has 2 heterocycles. The number of aliphatic hydroxyl groups is 1. The molecule has 2 aliphatic rings. The van der Waals surface area contributed by atoms with Gasteiger partial charge in [0.15, 0.2) is 0 Å². The van der Waals surface area contributed by atoms with Gasteiger partial charge in [0, 0.05) is 30.2 Å².